The largest absolute Gasteiger partial charge is 0.467 e. The summed E-state index contributed by atoms with van der Waals surface area (Å²) in [6, 6.07) is 8.05. The molecule has 4 aromatic heterocycles. The lowest BCUT2D eigenvalue weighted by molar-refractivity contribution is 0.478. The Morgan fingerprint density at radius 1 is 1.19 bits per heavy atom. The van der Waals surface area contributed by atoms with Crippen LogP contribution in [0.3, 0.4) is 0 Å². The Balaban J connectivity index is 1.39. The van der Waals surface area contributed by atoms with Crippen LogP contribution >= 0.6 is 11.8 Å². The van der Waals surface area contributed by atoms with E-state index >= 15 is 0 Å². The van der Waals surface area contributed by atoms with E-state index in [1.54, 1.807) is 18.0 Å². The molecule has 6 nitrogen and oxygen atoms in total. The summed E-state index contributed by atoms with van der Waals surface area (Å²) in [6.07, 6.45) is 8.30. The summed E-state index contributed by atoms with van der Waals surface area (Å²) < 4.78 is 9.80. The van der Waals surface area contributed by atoms with Gasteiger partial charge in [-0.3, -0.25) is 4.57 Å². The predicted octanol–water partition coefficient (Wildman–Crippen LogP) is 4.05. The van der Waals surface area contributed by atoms with Gasteiger partial charge in [0.15, 0.2) is 5.16 Å². The Hall–Kier alpha value is -2.54. The molecule has 26 heavy (non-hydrogen) atoms. The highest BCUT2D eigenvalue weighted by Crippen LogP contribution is 2.40. The maximum absolute atomic E-state index is 5.53. The summed E-state index contributed by atoms with van der Waals surface area (Å²) >= 11 is 1.68. The van der Waals surface area contributed by atoms with Gasteiger partial charge >= 0.3 is 0 Å². The number of hydrogen-bond donors (Lipinski definition) is 0. The van der Waals surface area contributed by atoms with Crippen LogP contribution in [0.4, 0.5) is 0 Å². The first-order valence-electron chi connectivity index (χ1n) is 8.79. The van der Waals surface area contributed by atoms with E-state index in [1.165, 1.54) is 18.4 Å². The molecule has 1 aliphatic carbocycles. The zero-order valence-electron chi connectivity index (χ0n) is 14.5. The highest BCUT2D eigenvalue weighted by molar-refractivity contribution is 7.98. The Kier molecular flexibility index (Phi) is 3.81. The highest BCUT2D eigenvalue weighted by Gasteiger charge is 2.30. The van der Waals surface area contributed by atoms with Crippen molar-refractivity contribution in [3.8, 4) is 0 Å². The molecule has 0 atom stereocenters. The molecule has 0 bridgehead atoms. The van der Waals surface area contributed by atoms with Crippen LogP contribution in [0, 0.1) is 6.92 Å². The van der Waals surface area contributed by atoms with Gasteiger partial charge in [-0.25, -0.2) is 4.98 Å². The zero-order valence-corrected chi connectivity index (χ0v) is 15.3. The third kappa shape index (κ3) is 3.03. The minimum absolute atomic E-state index is 0.546. The van der Waals surface area contributed by atoms with Crippen molar-refractivity contribution in [2.24, 2.45) is 0 Å². The quantitative estimate of drug-likeness (QED) is 0.483. The fraction of sp³-hybridized carbons (Fsp3) is 0.316. The number of aromatic nitrogens is 5. The Bertz CT molecular complexity index is 1050. The number of imidazole rings is 1. The van der Waals surface area contributed by atoms with Crippen molar-refractivity contribution in [1.29, 1.82) is 0 Å². The van der Waals surface area contributed by atoms with E-state index in [0.29, 0.717) is 12.5 Å². The average molecular weight is 365 g/mol. The van der Waals surface area contributed by atoms with Gasteiger partial charge < -0.3 is 8.82 Å². The summed E-state index contributed by atoms with van der Waals surface area (Å²) in [7, 11) is 0. The van der Waals surface area contributed by atoms with Crippen LogP contribution in [-0.2, 0) is 12.3 Å². The molecule has 4 heterocycles. The fourth-order valence-corrected chi connectivity index (χ4v) is 3.95. The molecule has 132 valence electrons. The lowest BCUT2D eigenvalue weighted by Crippen LogP contribution is -2.05. The number of hydrogen-bond acceptors (Lipinski definition) is 5. The molecule has 0 aliphatic heterocycles. The van der Waals surface area contributed by atoms with Crippen LogP contribution in [0.15, 0.2) is 52.5 Å². The van der Waals surface area contributed by atoms with Gasteiger partial charge in [0.05, 0.1) is 18.5 Å². The minimum atomic E-state index is 0.546. The lowest BCUT2D eigenvalue weighted by atomic mass is 10.3. The van der Waals surface area contributed by atoms with Gasteiger partial charge in [-0.15, -0.1) is 10.2 Å². The second kappa shape index (κ2) is 6.32. The first-order valence-corrected chi connectivity index (χ1v) is 9.77. The molecule has 0 radical (unpaired) electrons. The summed E-state index contributed by atoms with van der Waals surface area (Å²) in [5, 5.41) is 9.82. The molecule has 0 N–H and O–H groups in total. The monoisotopic (exact) mass is 365 g/mol. The van der Waals surface area contributed by atoms with Gasteiger partial charge in [-0.1, -0.05) is 17.8 Å². The van der Waals surface area contributed by atoms with Crippen molar-refractivity contribution >= 4 is 17.4 Å². The Morgan fingerprint density at radius 3 is 2.92 bits per heavy atom. The van der Waals surface area contributed by atoms with Crippen molar-refractivity contribution in [3.63, 3.8) is 0 Å². The second-order valence-corrected chi connectivity index (χ2v) is 7.72. The fourth-order valence-electron chi connectivity index (χ4n) is 3.12. The van der Waals surface area contributed by atoms with Crippen LogP contribution in [0.5, 0.6) is 0 Å². The van der Waals surface area contributed by atoms with Crippen LogP contribution in [0.1, 0.15) is 41.6 Å². The van der Waals surface area contributed by atoms with E-state index in [-0.39, 0.29) is 0 Å². The third-order valence-corrected chi connectivity index (χ3v) is 5.58. The number of thioether (sulfide) groups is 1. The SMILES string of the molecule is Cc1ccc2nc(CSc3nnc(C4CC4)n3Cc3ccco3)cn2c1. The van der Waals surface area contributed by atoms with E-state index in [9.17, 15) is 0 Å². The van der Waals surface area contributed by atoms with Crippen molar-refractivity contribution in [1.82, 2.24) is 24.1 Å². The minimum Gasteiger partial charge on any atom is -0.467 e. The highest BCUT2D eigenvalue weighted by atomic mass is 32.2. The smallest absolute Gasteiger partial charge is 0.192 e. The van der Waals surface area contributed by atoms with Gasteiger partial charge in [-0.2, -0.15) is 0 Å². The summed E-state index contributed by atoms with van der Waals surface area (Å²) in [5.41, 5.74) is 3.24. The second-order valence-electron chi connectivity index (χ2n) is 6.77. The van der Waals surface area contributed by atoms with Crippen LogP contribution in [0.2, 0.25) is 0 Å². The van der Waals surface area contributed by atoms with Crippen molar-refractivity contribution < 1.29 is 4.42 Å². The summed E-state index contributed by atoms with van der Waals surface area (Å²) in [4.78, 5) is 4.69. The van der Waals surface area contributed by atoms with Crippen LogP contribution in [-0.4, -0.2) is 24.1 Å². The van der Waals surface area contributed by atoms with E-state index in [4.69, 9.17) is 9.40 Å². The Labute approximate surface area is 155 Å². The predicted molar refractivity (Wildman–Crippen MR) is 99.3 cm³/mol. The van der Waals surface area contributed by atoms with Crippen molar-refractivity contribution in [2.45, 2.75) is 43.1 Å². The van der Waals surface area contributed by atoms with Gasteiger partial charge in [0.1, 0.15) is 17.2 Å². The van der Waals surface area contributed by atoms with E-state index in [2.05, 4.69) is 44.5 Å². The summed E-state index contributed by atoms with van der Waals surface area (Å²) in [6.45, 7) is 2.77. The standard InChI is InChI=1S/C19H19N5OS/c1-13-4-7-17-20-15(10-23(17)9-13)12-26-19-22-21-18(14-5-6-14)24(19)11-16-3-2-8-25-16/h2-4,7-10,14H,5-6,11-12H2,1H3. The molecule has 1 saturated carbocycles. The first kappa shape index (κ1) is 15.7. The first-order chi connectivity index (χ1) is 12.8. The lowest BCUT2D eigenvalue weighted by Gasteiger charge is -2.07. The number of fused-ring (bicyclic) bond motifs is 1. The molecule has 0 saturated heterocycles. The van der Waals surface area contributed by atoms with Gasteiger partial charge in [0.25, 0.3) is 0 Å². The third-order valence-electron chi connectivity index (χ3n) is 4.58. The molecule has 0 spiro atoms. The average Bonchev–Trinajstić information content (AvgIpc) is 3.05. The molecule has 1 fully saturated rings. The zero-order chi connectivity index (χ0) is 17.5. The normalized spacial score (nSPS) is 14.3. The molecule has 4 aromatic rings. The number of aryl methyl sites for hydroxylation is 1. The van der Waals surface area contributed by atoms with Crippen molar-refractivity contribution in [2.75, 3.05) is 0 Å². The number of pyridine rings is 1. The molecule has 0 unspecified atom stereocenters. The maximum atomic E-state index is 5.53. The molecule has 7 heteroatoms. The number of furan rings is 1. The van der Waals surface area contributed by atoms with Crippen LogP contribution in [0.25, 0.3) is 5.65 Å². The molecular formula is C19H19N5OS. The summed E-state index contributed by atoms with van der Waals surface area (Å²) in [5.74, 6) is 3.32. The van der Waals surface area contributed by atoms with Gasteiger partial charge in [0.2, 0.25) is 0 Å². The van der Waals surface area contributed by atoms with E-state index in [0.717, 1.165) is 33.8 Å². The number of rotatable bonds is 6. The maximum Gasteiger partial charge on any atom is 0.192 e. The van der Waals surface area contributed by atoms with Crippen molar-refractivity contribution in [3.05, 3.63) is 65.8 Å². The molecule has 1 aliphatic rings. The molecular weight excluding hydrogens is 346 g/mol. The molecule has 0 aromatic carbocycles. The molecule has 0 amide bonds. The van der Waals surface area contributed by atoms with Crippen LogP contribution < -0.4 is 0 Å². The Morgan fingerprint density at radius 2 is 2.12 bits per heavy atom. The van der Waals surface area contributed by atoms with E-state index < -0.39 is 0 Å². The number of nitrogens with zero attached hydrogens (tertiary/aromatic N) is 5. The molecule has 5 rings (SSSR count). The topological polar surface area (TPSA) is 61.2 Å². The van der Waals surface area contributed by atoms with Gasteiger partial charge in [-0.05, 0) is 43.5 Å². The van der Waals surface area contributed by atoms with E-state index in [1.807, 2.05) is 18.2 Å². The van der Waals surface area contributed by atoms with Gasteiger partial charge in [0, 0.05) is 24.1 Å².